The quantitative estimate of drug-likeness (QED) is 0.0184. The van der Waals surface area contributed by atoms with Crippen LogP contribution in [0.2, 0.25) is 0 Å². The highest BCUT2D eigenvalue weighted by Gasteiger charge is 2.41. The second kappa shape index (κ2) is 64.7. The Kier molecular flexibility index (Phi) is 55.5. The fourth-order valence-corrected chi connectivity index (χ4v) is 14.0. The van der Waals surface area contributed by atoms with Crippen molar-refractivity contribution in [3.8, 4) is 5.75 Å². The summed E-state index contributed by atoms with van der Waals surface area (Å²) in [7, 11) is 0. The molecule has 0 unspecified atom stereocenters. The summed E-state index contributed by atoms with van der Waals surface area (Å²) in [6.07, 6.45) is -6.05. The Labute approximate surface area is 853 Å². The number of H-pyrrole nitrogens is 1. The Morgan fingerprint density at radius 2 is 0.757 bits per heavy atom. The predicted octanol–water partition coefficient (Wildman–Crippen LogP) is -11.9. The number of aromatic amines is 1. The van der Waals surface area contributed by atoms with Gasteiger partial charge in [0.15, 0.2) is 0 Å². The van der Waals surface area contributed by atoms with Crippen LogP contribution in [0.25, 0.3) is 0 Å². The molecule has 3 rings (SSSR count). The van der Waals surface area contributed by atoms with Crippen LogP contribution in [0.15, 0.2) is 67.1 Å². The average Bonchev–Trinajstić information content (AvgIpc) is 0.868. The maximum atomic E-state index is 14.6. The second-order valence-corrected chi connectivity index (χ2v) is 35.7. The number of benzene rings is 2. The third-order valence-corrected chi connectivity index (χ3v) is 22.4. The monoisotopic (exact) mass is 2110 g/mol. The zero-order valence-electron chi connectivity index (χ0n) is 82.6. The Balaban J connectivity index is 1.81. The third kappa shape index (κ3) is 46.5. The molecule has 820 valence electrons. The van der Waals surface area contributed by atoms with Crippen molar-refractivity contribution in [2.45, 2.75) is 273 Å². The number of carbonyl (C=O) groups is 24. The van der Waals surface area contributed by atoms with Gasteiger partial charge in [0.05, 0.1) is 63.0 Å². The van der Waals surface area contributed by atoms with Gasteiger partial charge in [-0.15, -0.1) is 0 Å². The Hall–Kier alpha value is -15.2. The van der Waals surface area contributed by atoms with Crippen LogP contribution >= 0.6 is 12.6 Å². The molecule has 20 atom stereocenters. The predicted molar refractivity (Wildman–Crippen MR) is 519 cm³/mol. The molecule has 0 aliphatic rings. The van der Waals surface area contributed by atoms with E-state index in [0.29, 0.717) is 24.1 Å². The topological polar surface area (TPSA) is 927 Å². The van der Waals surface area contributed by atoms with E-state index < -0.39 is 365 Å². The lowest BCUT2D eigenvalue weighted by Crippen LogP contribution is -2.63. The van der Waals surface area contributed by atoms with Gasteiger partial charge < -0.3 is 169 Å². The van der Waals surface area contributed by atoms with Gasteiger partial charge in [-0.2, -0.15) is 12.6 Å². The van der Waals surface area contributed by atoms with E-state index in [1.54, 1.807) is 32.0 Å². The summed E-state index contributed by atoms with van der Waals surface area (Å²) < 4.78 is 0. The molecule has 1 heterocycles. The van der Waals surface area contributed by atoms with Crippen LogP contribution < -0.4 is 118 Å². The number of aliphatic hydroxyl groups excluding tert-OH is 4. The zero-order chi connectivity index (χ0) is 112. The van der Waals surface area contributed by atoms with Crippen molar-refractivity contribution in [2.24, 2.45) is 29.0 Å². The van der Waals surface area contributed by atoms with E-state index in [0.717, 1.165) is 13.8 Å². The van der Waals surface area contributed by atoms with E-state index in [-0.39, 0.29) is 37.1 Å². The van der Waals surface area contributed by atoms with Crippen molar-refractivity contribution in [3.63, 3.8) is 0 Å². The summed E-state index contributed by atoms with van der Waals surface area (Å²) >= 11 is 4.13. The number of rotatable bonds is 68. The van der Waals surface area contributed by atoms with E-state index in [4.69, 9.17) is 17.2 Å². The number of carboxylic acid groups (broad SMARTS) is 4. The van der Waals surface area contributed by atoms with Crippen molar-refractivity contribution < 1.29 is 161 Å². The number of primary amides is 1. The molecule has 0 aliphatic carbocycles. The number of hydrogen-bond donors (Lipinski definition) is 33. The maximum absolute atomic E-state index is 14.6. The smallest absolute Gasteiger partial charge is 0.326 e. The van der Waals surface area contributed by atoms with Crippen molar-refractivity contribution in [1.82, 2.24) is 111 Å². The van der Waals surface area contributed by atoms with Crippen molar-refractivity contribution in [1.29, 1.82) is 0 Å². The molecule has 57 nitrogen and oxygen atoms in total. The molecule has 0 bridgehead atoms. The number of phenolic OH excluding ortho intramolecular Hbond substituents is 1. The maximum Gasteiger partial charge on any atom is 0.326 e. The van der Waals surface area contributed by atoms with Gasteiger partial charge in [0, 0.05) is 50.5 Å². The number of unbranched alkanes of at least 4 members (excludes halogenated alkanes) is 1. The second-order valence-electron chi connectivity index (χ2n) is 35.3. The Morgan fingerprint density at radius 3 is 1.22 bits per heavy atom. The zero-order valence-corrected chi connectivity index (χ0v) is 83.5. The number of hydrogen-bond acceptors (Lipinski definition) is 33. The van der Waals surface area contributed by atoms with Crippen LogP contribution in [0.3, 0.4) is 0 Å². The number of aliphatic hydroxyl groups is 4. The Morgan fingerprint density at radius 1 is 0.378 bits per heavy atom. The number of nitrogens with two attached hydrogens (primary N) is 3. The normalized spacial score (nSPS) is 15.1. The van der Waals surface area contributed by atoms with E-state index >= 15 is 0 Å². The number of nitrogens with one attached hydrogen (secondary N) is 20. The molecule has 0 aliphatic heterocycles. The lowest BCUT2D eigenvalue weighted by Gasteiger charge is -2.29. The van der Waals surface area contributed by atoms with Gasteiger partial charge in [-0.05, 0) is 121 Å². The fourth-order valence-electron chi connectivity index (χ4n) is 13.7. The molecular weight excluding hydrogens is 1980 g/mol. The minimum atomic E-state index is -2.15. The number of aromatic nitrogens is 2. The number of amides is 20. The number of nitrogens with zero attached hydrogens (tertiary/aromatic N) is 1. The number of thiol groups is 1. The van der Waals surface area contributed by atoms with Crippen LogP contribution in [0.1, 0.15) is 150 Å². The average molecular weight is 2110 g/mol. The molecule has 0 radical (unpaired) electrons. The number of aliphatic carboxylic acids is 4. The molecule has 148 heavy (non-hydrogen) atoms. The van der Waals surface area contributed by atoms with Gasteiger partial charge in [0.2, 0.25) is 118 Å². The van der Waals surface area contributed by atoms with Gasteiger partial charge >= 0.3 is 23.9 Å². The number of carboxylic acids is 4. The molecule has 0 saturated carbocycles. The van der Waals surface area contributed by atoms with Crippen LogP contribution in [0.4, 0.5) is 0 Å². The number of carbonyl (C=O) groups excluding carboxylic acids is 20. The SMILES string of the molecule is CC(C)C[C@H](NC(=O)[C@H](Cc1ccc(O)cc1)NC(=O)[C@H](CO)NC(=O)[C@H](CO)NC(=O)[C@@H](NC(=O)[C@H](CC(=O)O)NC(=O)[C@H](CS)NC(=O)[C@@H](NC(=O)[C@H](Cc1ccccc1)NC(=O)[C@@H](NC(=O)CNC(=O)[C@H](CCC(=O)O)NC(=O)[C@H](C)NC(=O)[C@@H](N)Cc1c[nH]cn1)[C@@H](C)O)[C@@H](C)O)C(C)C)C(=O)N[C@@H](CCC(=O)O)C(=O)NCC(=O)N[C@@H](CCC(N)=O)C(=O)N[C@@H](C)C(=O)N[C@@H](C)C(=O)N[C@@H](CCCCN)C(=O)O. The molecule has 35 N–H and O–H groups in total. The third-order valence-electron chi connectivity index (χ3n) is 22.0. The van der Waals surface area contributed by atoms with Crippen LogP contribution in [-0.4, -0.2) is 358 Å². The molecule has 0 fully saturated rings. The largest absolute Gasteiger partial charge is 0.508 e. The molecule has 3 aromatic rings. The number of aromatic hydroxyl groups is 1. The molecular formula is C90H136N24O33S. The van der Waals surface area contributed by atoms with Crippen molar-refractivity contribution >= 4 is 155 Å². The summed E-state index contributed by atoms with van der Waals surface area (Å²) in [5.74, 6) is -31.6. The van der Waals surface area contributed by atoms with Crippen molar-refractivity contribution in [2.75, 3.05) is 38.6 Å². The van der Waals surface area contributed by atoms with E-state index in [1.807, 2.05) is 0 Å². The number of imidazole rings is 1. The molecule has 20 amide bonds. The summed E-state index contributed by atoms with van der Waals surface area (Å²) in [6, 6.07) is -18.2. The standard InChI is InChI=1S/C90H136N24O33S/c1-41(2)29-57(80(136)103-54(24-27-68(125)126)78(134)95-35-65(121)101-55(22-25-64(93)120)79(135)100-43(5)73(129)98-44(6)75(131)104-56(90(146)147)17-13-14-28-91)105-81(137)58(31-49-18-20-51(119)21-19-49)106-84(140)61(37-115)109-85(141)62(38-116)110-87(143)70(42(3)4)113-83(139)60(33-69(127)128)107-86(142)63(39-148)111-89(145)72(47(9)118)114-82(138)59(30-48-15-11-10-12-16-48)108-88(144)71(46(8)117)112-66(122)36-96-77(133)53(23-26-67(123)124)102-74(130)45(7)99-76(132)52(92)32-50-34-94-40-97-50/h10-12,15-16,18-21,34,40-47,52-63,70-72,115-119,148H,13-14,17,22-33,35-39,91-92H2,1-9H3,(H2,93,120)(H,94,97)(H,95,134)(H,96,133)(H,98,129)(H,99,132)(H,100,135)(H,101,121)(H,102,130)(H,103,136)(H,104,131)(H,105,137)(H,106,140)(H,107,142)(H,108,144)(H,109,141)(H,110,143)(H,111,145)(H,112,122)(H,113,139)(H,114,138)(H,123,124)(H,125,126)(H,127,128)(H,146,147)/t43-,44-,45-,46+,47+,52-,53-,54-,55-,56-,57-,58-,59-,60-,61-,62-,63-,70-,71-,72-/m0/s1. The highest BCUT2D eigenvalue weighted by Crippen LogP contribution is 2.17. The first-order valence-electron chi connectivity index (χ1n) is 46.8. The highest BCUT2D eigenvalue weighted by atomic mass is 32.1. The molecule has 58 heteroatoms. The van der Waals surface area contributed by atoms with E-state index in [9.17, 15) is 161 Å². The van der Waals surface area contributed by atoms with Gasteiger partial charge in [-0.25, -0.2) is 9.78 Å². The lowest BCUT2D eigenvalue weighted by atomic mass is 10.00. The van der Waals surface area contributed by atoms with Gasteiger partial charge in [0.25, 0.3) is 0 Å². The van der Waals surface area contributed by atoms with Gasteiger partial charge in [-0.1, -0.05) is 70.2 Å². The van der Waals surface area contributed by atoms with Crippen LogP contribution in [0.5, 0.6) is 5.75 Å². The highest BCUT2D eigenvalue weighted by molar-refractivity contribution is 7.80. The first-order chi connectivity index (χ1) is 69.5. The summed E-state index contributed by atoms with van der Waals surface area (Å²) in [6.45, 7) is 7.28. The van der Waals surface area contributed by atoms with Crippen LogP contribution in [0, 0.1) is 11.8 Å². The summed E-state index contributed by atoms with van der Waals surface area (Å²) in [4.78, 5) is 328. The summed E-state index contributed by atoms with van der Waals surface area (Å²) in [5, 5.41) is 135. The molecule has 1 aromatic heterocycles. The minimum Gasteiger partial charge on any atom is -0.508 e. The summed E-state index contributed by atoms with van der Waals surface area (Å²) in [5.41, 5.74) is 17.8. The number of phenols is 1. The van der Waals surface area contributed by atoms with Crippen molar-refractivity contribution in [3.05, 3.63) is 83.9 Å². The minimum absolute atomic E-state index is 0.0230. The van der Waals surface area contributed by atoms with E-state index in [2.05, 4.69) is 124 Å². The van der Waals surface area contributed by atoms with Gasteiger partial charge in [0.1, 0.15) is 108 Å². The van der Waals surface area contributed by atoms with E-state index in [1.165, 1.54) is 83.5 Å². The first-order valence-corrected chi connectivity index (χ1v) is 47.5. The molecule has 0 saturated heterocycles. The molecule has 0 spiro atoms. The van der Waals surface area contributed by atoms with Gasteiger partial charge in [-0.3, -0.25) is 110 Å². The van der Waals surface area contributed by atoms with Crippen LogP contribution in [-0.2, 0) is 134 Å². The lowest BCUT2D eigenvalue weighted by molar-refractivity contribution is -0.142. The Bertz CT molecular complexity index is 5060. The fraction of sp³-hybridized carbons (Fsp3) is 0.567. The first kappa shape index (κ1) is 127. The molecule has 2 aromatic carbocycles.